The number of carbonyl (C=O) groups excluding carboxylic acids is 1. The molecule has 1 N–H and O–H groups in total. The van der Waals surface area contributed by atoms with E-state index in [1.807, 2.05) is 0 Å². The first-order valence-corrected chi connectivity index (χ1v) is 9.20. The molecule has 0 spiro atoms. The van der Waals surface area contributed by atoms with Crippen molar-refractivity contribution in [1.29, 1.82) is 0 Å². The van der Waals surface area contributed by atoms with E-state index in [9.17, 15) is 23.1 Å². The fourth-order valence-electron chi connectivity index (χ4n) is 3.67. The van der Waals surface area contributed by atoms with Gasteiger partial charge in [0.1, 0.15) is 0 Å². The number of hydrogen-bond donors (Lipinski definition) is 1. The lowest BCUT2D eigenvalue weighted by molar-refractivity contribution is -0.263. The van der Waals surface area contributed by atoms with Crippen molar-refractivity contribution in [1.82, 2.24) is 19.4 Å². The highest BCUT2D eigenvalue weighted by Gasteiger charge is 2.55. The molecule has 1 saturated carbocycles. The number of nitrogens with zero attached hydrogens (tertiary/aromatic N) is 4. The summed E-state index contributed by atoms with van der Waals surface area (Å²) in [6, 6.07) is 3.00. The van der Waals surface area contributed by atoms with Gasteiger partial charge in [0.15, 0.2) is 5.82 Å². The Balaban J connectivity index is 1.61. The zero-order valence-electron chi connectivity index (χ0n) is 15.6. The van der Waals surface area contributed by atoms with Gasteiger partial charge >= 0.3 is 6.18 Å². The van der Waals surface area contributed by atoms with Gasteiger partial charge in [-0.25, -0.2) is 4.98 Å². The quantitative estimate of drug-likeness (QED) is 0.868. The van der Waals surface area contributed by atoms with E-state index in [1.165, 1.54) is 10.8 Å². The molecule has 28 heavy (non-hydrogen) atoms. The van der Waals surface area contributed by atoms with Crippen LogP contribution in [-0.4, -0.2) is 43.2 Å². The third kappa shape index (κ3) is 3.07. The Labute approximate surface area is 160 Å². The van der Waals surface area contributed by atoms with Gasteiger partial charge in [0.05, 0.1) is 24.5 Å². The van der Waals surface area contributed by atoms with Crippen molar-refractivity contribution in [3.63, 3.8) is 0 Å². The lowest BCUT2D eigenvalue weighted by atomic mass is 10.0. The van der Waals surface area contributed by atoms with E-state index in [4.69, 9.17) is 0 Å². The molecule has 1 fully saturated rings. The minimum atomic E-state index is -4.85. The first-order chi connectivity index (χ1) is 13.1. The van der Waals surface area contributed by atoms with Gasteiger partial charge < -0.3 is 14.6 Å². The number of pyridine rings is 1. The minimum Gasteiger partial charge on any atom is -0.374 e. The van der Waals surface area contributed by atoms with Crippen LogP contribution in [0.3, 0.4) is 0 Å². The van der Waals surface area contributed by atoms with Gasteiger partial charge in [-0.2, -0.15) is 13.2 Å². The van der Waals surface area contributed by atoms with Gasteiger partial charge in [-0.15, -0.1) is 0 Å². The van der Waals surface area contributed by atoms with E-state index in [0.29, 0.717) is 24.1 Å². The van der Waals surface area contributed by atoms with E-state index in [-0.39, 0.29) is 19.0 Å². The SMILES string of the molecule is C[C@H]1CN(C(=O)c2ccnc(C3CC3)c2)Cc2cnc(C(C)(O)C(F)(F)F)n21. The molecule has 0 saturated heterocycles. The molecule has 2 atom stereocenters. The maximum atomic E-state index is 13.3. The van der Waals surface area contributed by atoms with Crippen molar-refractivity contribution in [2.24, 2.45) is 0 Å². The maximum Gasteiger partial charge on any atom is 0.424 e. The molecule has 1 amide bonds. The Hall–Kier alpha value is -2.42. The summed E-state index contributed by atoms with van der Waals surface area (Å²) in [6.07, 6.45) is 0.224. The van der Waals surface area contributed by atoms with E-state index in [0.717, 1.165) is 18.5 Å². The van der Waals surface area contributed by atoms with Crippen molar-refractivity contribution in [3.8, 4) is 0 Å². The summed E-state index contributed by atoms with van der Waals surface area (Å²) in [5.74, 6) is -0.219. The molecule has 2 aromatic rings. The molecule has 0 bridgehead atoms. The summed E-state index contributed by atoms with van der Waals surface area (Å²) < 4.78 is 41.2. The third-order valence-corrected chi connectivity index (χ3v) is 5.45. The summed E-state index contributed by atoms with van der Waals surface area (Å²) in [7, 11) is 0. The van der Waals surface area contributed by atoms with Crippen LogP contribution >= 0.6 is 0 Å². The highest BCUT2D eigenvalue weighted by atomic mass is 19.4. The van der Waals surface area contributed by atoms with Crippen molar-refractivity contribution in [2.45, 2.75) is 57.0 Å². The fourth-order valence-corrected chi connectivity index (χ4v) is 3.67. The van der Waals surface area contributed by atoms with Crippen LogP contribution in [-0.2, 0) is 12.1 Å². The summed E-state index contributed by atoms with van der Waals surface area (Å²) in [5, 5.41) is 10.0. The molecular formula is C19H21F3N4O2. The zero-order valence-corrected chi connectivity index (χ0v) is 15.6. The molecular weight excluding hydrogens is 373 g/mol. The van der Waals surface area contributed by atoms with Gasteiger partial charge in [0, 0.05) is 29.9 Å². The van der Waals surface area contributed by atoms with Gasteiger partial charge in [-0.1, -0.05) is 0 Å². The molecule has 3 heterocycles. The Morgan fingerprint density at radius 1 is 1.29 bits per heavy atom. The average molecular weight is 394 g/mol. The molecule has 1 unspecified atom stereocenters. The second-order valence-electron chi connectivity index (χ2n) is 7.79. The average Bonchev–Trinajstić information content (AvgIpc) is 3.39. The van der Waals surface area contributed by atoms with E-state index >= 15 is 0 Å². The highest BCUT2D eigenvalue weighted by Crippen LogP contribution is 2.41. The normalized spacial score (nSPS) is 21.9. The number of hydrogen-bond acceptors (Lipinski definition) is 4. The van der Waals surface area contributed by atoms with Crippen LogP contribution < -0.4 is 0 Å². The van der Waals surface area contributed by atoms with Gasteiger partial charge in [0.2, 0.25) is 5.60 Å². The second kappa shape index (κ2) is 6.30. The van der Waals surface area contributed by atoms with Gasteiger partial charge in [-0.3, -0.25) is 9.78 Å². The van der Waals surface area contributed by atoms with Gasteiger partial charge in [0.25, 0.3) is 5.91 Å². The van der Waals surface area contributed by atoms with Crippen molar-refractivity contribution in [3.05, 3.63) is 47.3 Å². The second-order valence-corrected chi connectivity index (χ2v) is 7.79. The molecule has 9 heteroatoms. The van der Waals surface area contributed by atoms with Crippen molar-refractivity contribution in [2.75, 3.05) is 6.54 Å². The summed E-state index contributed by atoms with van der Waals surface area (Å²) in [6.45, 7) is 2.77. The Kier molecular flexibility index (Phi) is 4.26. The minimum absolute atomic E-state index is 0.130. The predicted octanol–water partition coefficient (Wildman–Crippen LogP) is 3.14. The van der Waals surface area contributed by atoms with Crippen LogP contribution in [0.4, 0.5) is 13.2 Å². The number of rotatable bonds is 3. The molecule has 2 aromatic heterocycles. The van der Waals surface area contributed by atoms with E-state index in [2.05, 4.69) is 9.97 Å². The van der Waals surface area contributed by atoms with E-state index < -0.39 is 23.6 Å². The Bertz CT molecular complexity index is 918. The topological polar surface area (TPSA) is 71.2 Å². The van der Waals surface area contributed by atoms with Crippen LogP contribution in [0, 0.1) is 0 Å². The molecule has 150 valence electrons. The molecule has 6 nitrogen and oxygen atoms in total. The van der Waals surface area contributed by atoms with Crippen LogP contribution in [0.1, 0.15) is 66.2 Å². The monoisotopic (exact) mass is 394 g/mol. The maximum absolute atomic E-state index is 13.3. The van der Waals surface area contributed by atoms with Gasteiger partial charge in [-0.05, 0) is 38.8 Å². The van der Waals surface area contributed by atoms with Crippen LogP contribution in [0.15, 0.2) is 24.5 Å². The number of aliphatic hydroxyl groups is 1. The molecule has 4 rings (SSSR count). The highest BCUT2D eigenvalue weighted by molar-refractivity contribution is 5.94. The first kappa shape index (κ1) is 18.9. The molecule has 0 radical (unpaired) electrons. The number of amides is 1. The van der Waals surface area contributed by atoms with Crippen molar-refractivity contribution < 1.29 is 23.1 Å². The first-order valence-electron chi connectivity index (χ1n) is 9.20. The number of imidazole rings is 1. The van der Waals surface area contributed by atoms with E-state index in [1.54, 1.807) is 30.2 Å². The third-order valence-electron chi connectivity index (χ3n) is 5.45. The number of halogens is 3. The van der Waals surface area contributed by atoms with Crippen LogP contribution in [0.25, 0.3) is 0 Å². The predicted molar refractivity (Wildman–Crippen MR) is 93.5 cm³/mol. The summed E-state index contributed by atoms with van der Waals surface area (Å²) in [5.41, 5.74) is -1.16. The largest absolute Gasteiger partial charge is 0.424 e. The lowest BCUT2D eigenvalue weighted by Crippen LogP contribution is -2.45. The molecule has 1 aliphatic heterocycles. The summed E-state index contributed by atoms with van der Waals surface area (Å²) >= 11 is 0. The fraction of sp³-hybridized carbons (Fsp3) is 0.526. The van der Waals surface area contributed by atoms with Crippen molar-refractivity contribution >= 4 is 5.91 Å². The lowest BCUT2D eigenvalue weighted by Gasteiger charge is -2.36. The Morgan fingerprint density at radius 2 is 2.00 bits per heavy atom. The molecule has 0 aromatic carbocycles. The smallest absolute Gasteiger partial charge is 0.374 e. The number of carbonyl (C=O) groups is 1. The number of aromatic nitrogens is 3. The summed E-state index contributed by atoms with van der Waals surface area (Å²) in [4.78, 5) is 22.7. The zero-order chi connectivity index (χ0) is 20.3. The standard InChI is InChI=1S/C19H21F3N4O2/c1-11-9-25(16(27)13-5-6-23-15(7-13)12-3-4-12)10-14-8-24-17(26(11)14)18(2,28)19(20,21)22/h5-8,11-12,28H,3-4,9-10H2,1-2H3/t11-,18?/m0/s1. The Morgan fingerprint density at radius 3 is 2.64 bits per heavy atom. The molecule has 1 aliphatic carbocycles. The van der Waals surface area contributed by atoms with Crippen LogP contribution in [0.5, 0.6) is 0 Å². The number of alkyl halides is 3. The van der Waals surface area contributed by atoms with Crippen LogP contribution in [0.2, 0.25) is 0 Å². The number of fused-ring (bicyclic) bond motifs is 1. The molecule has 2 aliphatic rings.